The normalized spacial score (nSPS) is 21.3. The van der Waals surface area contributed by atoms with Crippen LogP contribution in [0.15, 0.2) is 43.0 Å². The molecule has 1 unspecified atom stereocenters. The minimum absolute atomic E-state index is 0.458. The van der Waals surface area contributed by atoms with E-state index in [0.29, 0.717) is 12.0 Å². The third kappa shape index (κ3) is 2.27. The molecular formula is C19H21N5. The van der Waals surface area contributed by atoms with Gasteiger partial charge in [0.05, 0.1) is 23.4 Å². The van der Waals surface area contributed by atoms with Gasteiger partial charge >= 0.3 is 0 Å². The summed E-state index contributed by atoms with van der Waals surface area (Å²) in [5.41, 5.74) is 3.52. The van der Waals surface area contributed by atoms with Gasteiger partial charge in [-0.2, -0.15) is 0 Å². The Hall–Kier alpha value is -2.43. The van der Waals surface area contributed by atoms with Crippen LogP contribution in [0.1, 0.15) is 43.3 Å². The van der Waals surface area contributed by atoms with Crippen LogP contribution in [0.4, 0.5) is 5.82 Å². The minimum atomic E-state index is 0.458. The highest BCUT2D eigenvalue weighted by Gasteiger charge is 2.27. The lowest BCUT2D eigenvalue weighted by Gasteiger charge is -2.26. The number of imidazole rings is 1. The van der Waals surface area contributed by atoms with Crippen molar-refractivity contribution in [3.8, 4) is 0 Å². The van der Waals surface area contributed by atoms with E-state index in [1.165, 1.54) is 30.5 Å². The van der Waals surface area contributed by atoms with Crippen LogP contribution >= 0.6 is 0 Å². The van der Waals surface area contributed by atoms with Gasteiger partial charge in [-0.25, -0.2) is 15.0 Å². The van der Waals surface area contributed by atoms with Gasteiger partial charge in [0.25, 0.3) is 0 Å². The number of benzene rings is 1. The Morgan fingerprint density at radius 2 is 1.92 bits per heavy atom. The van der Waals surface area contributed by atoms with Gasteiger partial charge in [0, 0.05) is 30.8 Å². The largest absolute Gasteiger partial charge is 0.354 e. The second-order valence-electron chi connectivity index (χ2n) is 6.96. The lowest BCUT2D eigenvalue weighted by molar-refractivity contribution is 0.410. The molecule has 5 rings (SSSR count). The van der Waals surface area contributed by atoms with Crippen LogP contribution < -0.4 is 4.90 Å². The highest BCUT2D eigenvalue weighted by Crippen LogP contribution is 2.36. The van der Waals surface area contributed by atoms with E-state index in [1.54, 1.807) is 6.33 Å². The van der Waals surface area contributed by atoms with Crippen molar-refractivity contribution in [1.29, 1.82) is 0 Å². The Morgan fingerprint density at radius 3 is 2.79 bits per heavy atom. The van der Waals surface area contributed by atoms with Crippen LogP contribution in [0.3, 0.4) is 0 Å². The first-order valence-corrected chi connectivity index (χ1v) is 8.87. The van der Waals surface area contributed by atoms with Gasteiger partial charge in [-0.15, -0.1) is 0 Å². The Morgan fingerprint density at radius 1 is 1.00 bits per heavy atom. The van der Waals surface area contributed by atoms with Crippen molar-refractivity contribution < 1.29 is 0 Å². The molecule has 5 nitrogen and oxygen atoms in total. The topological polar surface area (TPSA) is 46.8 Å². The molecule has 1 atom stereocenters. The number of fused-ring (bicyclic) bond motifs is 1. The molecule has 5 heteroatoms. The maximum absolute atomic E-state index is 4.54. The number of nitrogens with zero attached hydrogens (tertiary/aromatic N) is 5. The summed E-state index contributed by atoms with van der Waals surface area (Å²) >= 11 is 0. The molecule has 1 aromatic carbocycles. The summed E-state index contributed by atoms with van der Waals surface area (Å²) in [7, 11) is 0. The van der Waals surface area contributed by atoms with Crippen LogP contribution in [-0.2, 0) is 0 Å². The second-order valence-corrected chi connectivity index (χ2v) is 6.96. The molecule has 0 bridgehead atoms. The Labute approximate surface area is 141 Å². The lowest BCUT2D eigenvalue weighted by atomic mass is 9.83. The van der Waals surface area contributed by atoms with E-state index >= 15 is 0 Å². The quantitative estimate of drug-likeness (QED) is 0.741. The zero-order chi connectivity index (χ0) is 15.9. The third-order valence-electron chi connectivity index (χ3n) is 5.56. The number of rotatable bonds is 3. The fourth-order valence-corrected chi connectivity index (χ4v) is 3.91. The summed E-state index contributed by atoms with van der Waals surface area (Å²) in [5.74, 6) is 1.74. The number of aromatic nitrogens is 4. The molecule has 0 amide bonds. The average molecular weight is 319 g/mol. The molecule has 24 heavy (non-hydrogen) atoms. The zero-order valence-electron chi connectivity index (χ0n) is 13.7. The Balaban J connectivity index is 1.39. The third-order valence-corrected chi connectivity index (χ3v) is 5.56. The molecule has 3 aromatic rings. The van der Waals surface area contributed by atoms with Gasteiger partial charge in [0.15, 0.2) is 0 Å². The van der Waals surface area contributed by atoms with E-state index < -0.39 is 0 Å². The molecule has 3 heterocycles. The van der Waals surface area contributed by atoms with E-state index in [1.807, 2.05) is 12.4 Å². The maximum atomic E-state index is 4.54. The molecular weight excluding hydrogens is 298 g/mol. The molecule has 1 saturated carbocycles. The molecule has 2 aliphatic rings. The molecule has 122 valence electrons. The van der Waals surface area contributed by atoms with Crippen molar-refractivity contribution >= 4 is 16.9 Å². The minimum Gasteiger partial charge on any atom is -0.354 e. The van der Waals surface area contributed by atoms with Gasteiger partial charge in [-0.1, -0.05) is 18.6 Å². The highest BCUT2D eigenvalue weighted by atomic mass is 15.3. The first-order chi connectivity index (χ1) is 11.9. The van der Waals surface area contributed by atoms with E-state index in [-0.39, 0.29) is 0 Å². The predicted octanol–water partition coefficient (Wildman–Crippen LogP) is 3.55. The highest BCUT2D eigenvalue weighted by molar-refractivity contribution is 5.75. The van der Waals surface area contributed by atoms with Gasteiger partial charge in [0.2, 0.25) is 0 Å². The number of hydrogen-bond acceptors (Lipinski definition) is 4. The van der Waals surface area contributed by atoms with Crippen molar-refractivity contribution in [3.05, 3.63) is 48.7 Å². The van der Waals surface area contributed by atoms with Gasteiger partial charge in [0.1, 0.15) is 12.1 Å². The molecule has 1 aliphatic heterocycles. The molecule has 2 aromatic heterocycles. The molecule has 0 N–H and O–H groups in total. The Bertz CT molecular complexity index is 867. The predicted molar refractivity (Wildman–Crippen MR) is 94.2 cm³/mol. The summed E-state index contributed by atoms with van der Waals surface area (Å²) in [4.78, 5) is 15.9. The van der Waals surface area contributed by atoms with Crippen LogP contribution in [0.25, 0.3) is 11.0 Å². The first kappa shape index (κ1) is 14.0. The first-order valence-electron chi connectivity index (χ1n) is 8.87. The standard InChI is InChI=1S/C19H21N5/c1-2-7-18-16(6-1)22-13-24(18)15-8-9-23(11-15)19-10-17(20-12-21-19)14-4-3-5-14/h1-2,6-7,10,12-15H,3-5,8-9,11H2. The van der Waals surface area contributed by atoms with Crippen molar-refractivity contribution in [2.24, 2.45) is 0 Å². The Kier molecular flexibility index (Phi) is 3.25. The van der Waals surface area contributed by atoms with E-state index in [0.717, 1.165) is 30.8 Å². The van der Waals surface area contributed by atoms with Gasteiger partial charge in [-0.05, 0) is 31.4 Å². The molecule has 0 spiro atoms. The van der Waals surface area contributed by atoms with Gasteiger partial charge < -0.3 is 9.47 Å². The number of para-hydroxylation sites is 2. The zero-order valence-corrected chi connectivity index (χ0v) is 13.7. The summed E-state index contributed by atoms with van der Waals surface area (Å²) in [5, 5.41) is 0. The number of anilines is 1. The molecule has 1 saturated heterocycles. The SMILES string of the molecule is c1ccc2c(c1)ncn2C1CCN(c2cc(C3CCC3)ncn2)C1. The summed E-state index contributed by atoms with van der Waals surface area (Å²) < 4.78 is 2.32. The average Bonchev–Trinajstić information content (AvgIpc) is 3.20. The fraction of sp³-hybridized carbons (Fsp3) is 0.421. The maximum Gasteiger partial charge on any atom is 0.132 e. The summed E-state index contributed by atoms with van der Waals surface area (Å²) in [6, 6.07) is 11.0. The van der Waals surface area contributed by atoms with E-state index in [2.05, 4.69) is 48.7 Å². The van der Waals surface area contributed by atoms with Crippen molar-refractivity contribution in [3.63, 3.8) is 0 Å². The molecule has 2 fully saturated rings. The van der Waals surface area contributed by atoms with E-state index in [9.17, 15) is 0 Å². The van der Waals surface area contributed by atoms with Gasteiger partial charge in [-0.3, -0.25) is 0 Å². The van der Waals surface area contributed by atoms with Crippen molar-refractivity contribution in [2.75, 3.05) is 18.0 Å². The summed E-state index contributed by atoms with van der Waals surface area (Å²) in [6.07, 6.45) is 8.74. The number of hydrogen-bond donors (Lipinski definition) is 0. The van der Waals surface area contributed by atoms with Crippen molar-refractivity contribution in [1.82, 2.24) is 19.5 Å². The summed E-state index contributed by atoms with van der Waals surface area (Å²) in [6.45, 7) is 2.03. The van der Waals surface area contributed by atoms with E-state index in [4.69, 9.17) is 0 Å². The molecule has 1 aliphatic carbocycles. The second kappa shape index (κ2) is 5.58. The lowest BCUT2D eigenvalue weighted by Crippen LogP contribution is -2.22. The van der Waals surface area contributed by atoms with Crippen LogP contribution in [-0.4, -0.2) is 32.6 Å². The van der Waals surface area contributed by atoms with Crippen LogP contribution in [0.2, 0.25) is 0 Å². The van der Waals surface area contributed by atoms with Crippen molar-refractivity contribution in [2.45, 2.75) is 37.6 Å². The van der Waals surface area contributed by atoms with Crippen LogP contribution in [0.5, 0.6) is 0 Å². The smallest absolute Gasteiger partial charge is 0.132 e. The monoisotopic (exact) mass is 319 g/mol. The van der Waals surface area contributed by atoms with Crippen LogP contribution in [0, 0.1) is 0 Å². The molecule has 0 radical (unpaired) electrons. The fourth-order valence-electron chi connectivity index (χ4n) is 3.91.